The van der Waals surface area contributed by atoms with Crippen molar-refractivity contribution in [1.29, 1.82) is 0 Å². The Labute approximate surface area is 327 Å². The zero-order chi connectivity index (χ0) is 38.9. The molecule has 0 aromatic carbocycles. The number of aliphatic hydroxyl groups excluding tert-OH is 2. The molecule has 3 N–H and O–H groups in total. The SMILES string of the molecule is CC/C=C/C=C/C=C\CCCCCCCC(=O)OC(CCCCC/C=C\CCCC)CC(=O)NC(CO)C(O)CCCCCCCCCCCCCC. The number of carbonyl (C=O) groups is 2. The minimum atomic E-state index is -0.792. The van der Waals surface area contributed by atoms with Crippen LogP contribution >= 0.6 is 0 Å². The summed E-state index contributed by atoms with van der Waals surface area (Å²) in [4.78, 5) is 25.9. The molecule has 6 heteroatoms. The number of hydrogen-bond donors (Lipinski definition) is 3. The van der Waals surface area contributed by atoms with Gasteiger partial charge in [-0.3, -0.25) is 9.59 Å². The van der Waals surface area contributed by atoms with Crippen LogP contribution < -0.4 is 5.32 Å². The van der Waals surface area contributed by atoms with Crippen molar-refractivity contribution < 1.29 is 24.5 Å². The average Bonchev–Trinajstić information content (AvgIpc) is 3.15. The Morgan fingerprint density at radius 2 is 1.06 bits per heavy atom. The molecule has 6 nitrogen and oxygen atoms in total. The van der Waals surface area contributed by atoms with Crippen LogP contribution in [-0.4, -0.2) is 46.9 Å². The molecule has 0 radical (unpaired) electrons. The van der Waals surface area contributed by atoms with Crippen LogP contribution in [0, 0.1) is 0 Å². The van der Waals surface area contributed by atoms with E-state index < -0.39 is 18.2 Å². The fraction of sp³-hybridized carbons (Fsp3) is 0.787. The number of unbranched alkanes of at least 4 members (excludes halogenated alkanes) is 21. The van der Waals surface area contributed by atoms with Crippen molar-refractivity contribution in [2.24, 2.45) is 0 Å². The van der Waals surface area contributed by atoms with E-state index in [2.05, 4.69) is 74.7 Å². The Hall–Kier alpha value is -2.18. The molecule has 0 fully saturated rings. The lowest BCUT2D eigenvalue weighted by Crippen LogP contribution is -2.46. The summed E-state index contributed by atoms with van der Waals surface area (Å²) in [6.07, 6.45) is 47.4. The standard InChI is InChI=1S/C47H85NO5/c1-4-7-10-13-16-19-21-23-25-28-31-34-37-40-47(52)53-43(38-35-32-29-26-18-15-12-9-6-3)41-46(51)48-44(42-49)45(50)39-36-33-30-27-24-22-20-17-14-11-8-5-2/h7,10,13,15-16,18-19,21,43-45,49-50H,4-6,8-9,11-12,14,17,20,22-42H2,1-3H3,(H,48,51)/b10-7+,16-13+,18-15-,21-19-. The van der Waals surface area contributed by atoms with Gasteiger partial charge >= 0.3 is 5.97 Å². The number of aliphatic hydroxyl groups is 2. The molecule has 0 rings (SSSR count). The van der Waals surface area contributed by atoms with Crippen molar-refractivity contribution in [3.05, 3.63) is 48.6 Å². The number of amides is 1. The van der Waals surface area contributed by atoms with Gasteiger partial charge in [-0.1, -0.05) is 185 Å². The van der Waals surface area contributed by atoms with Gasteiger partial charge in [0, 0.05) is 6.42 Å². The fourth-order valence-electron chi connectivity index (χ4n) is 6.53. The Kier molecular flexibility index (Phi) is 39.3. The van der Waals surface area contributed by atoms with Crippen LogP contribution in [0.1, 0.15) is 213 Å². The molecule has 0 spiro atoms. The highest BCUT2D eigenvalue weighted by atomic mass is 16.5. The Morgan fingerprint density at radius 3 is 1.66 bits per heavy atom. The lowest BCUT2D eigenvalue weighted by atomic mass is 10.0. The molecule has 0 heterocycles. The van der Waals surface area contributed by atoms with E-state index >= 15 is 0 Å². The van der Waals surface area contributed by atoms with E-state index in [0.29, 0.717) is 19.3 Å². The maximum absolute atomic E-state index is 13.1. The first-order valence-electron chi connectivity index (χ1n) is 22.4. The molecular weight excluding hydrogens is 659 g/mol. The lowest BCUT2D eigenvalue weighted by molar-refractivity contribution is -0.151. The van der Waals surface area contributed by atoms with E-state index in [4.69, 9.17) is 4.74 Å². The first-order chi connectivity index (χ1) is 26.0. The smallest absolute Gasteiger partial charge is 0.306 e. The summed E-state index contributed by atoms with van der Waals surface area (Å²) in [6, 6.07) is -0.707. The van der Waals surface area contributed by atoms with Crippen LogP contribution in [0.25, 0.3) is 0 Å². The van der Waals surface area contributed by atoms with Gasteiger partial charge in [0.15, 0.2) is 0 Å². The fourth-order valence-corrected chi connectivity index (χ4v) is 6.53. The van der Waals surface area contributed by atoms with Gasteiger partial charge in [0.1, 0.15) is 6.10 Å². The Bertz CT molecular complexity index is 926. The molecule has 0 saturated carbocycles. The second-order valence-corrected chi connectivity index (χ2v) is 15.1. The number of allylic oxidation sites excluding steroid dienone is 8. The van der Waals surface area contributed by atoms with E-state index in [1.807, 2.05) is 0 Å². The molecule has 3 atom stereocenters. The van der Waals surface area contributed by atoms with E-state index in [-0.39, 0.29) is 24.9 Å². The molecule has 0 aliphatic rings. The number of rotatable bonds is 39. The van der Waals surface area contributed by atoms with Gasteiger partial charge in [0.25, 0.3) is 0 Å². The molecule has 0 aliphatic heterocycles. The van der Waals surface area contributed by atoms with Crippen molar-refractivity contribution in [2.45, 2.75) is 232 Å². The highest BCUT2D eigenvalue weighted by Gasteiger charge is 2.24. The molecule has 0 aromatic heterocycles. The lowest BCUT2D eigenvalue weighted by Gasteiger charge is -2.24. The summed E-state index contributed by atoms with van der Waals surface area (Å²) in [5, 5.41) is 23.6. The number of nitrogens with one attached hydrogen (secondary N) is 1. The van der Waals surface area contributed by atoms with Crippen LogP contribution in [-0.2, 0) is 14.3 Å². The summed E-state index contributed by atoms with van der Waals surface area (Å²) in [7, 11) is 0. The minimum Gasteiger partial charge on any atom is -0.462 e. The van der Waals surface area contributed by atoms with Gasteiger partial charge < -0.3 is 20.3 Å². The molecule has 0 aliphatic carbocycles. The number of esters is 1. The minimum absolute atomic E-state index is 0.0576. The summed E-state index contributed by atoms with van der Waals surface area (Å²) in [5.74, 6) is -0.518. The maximum Gasteiger partial charge on any atom is 0.306 e. The van der Waals surface area contributed by atoms with Crippen molar-refractivity contribution in [3.63, 3.8) is 0 Å². The largest absolute Gasteiger partial charge is 0.462 e. The third-order valence-corrected chi connectivity index (χ3v) is 9.95. The first-order valence-corrected chi connectivity index (χ1v) is 22.4. The van der Waals surface area contributed by atoms with Gasteiger partial charge in [-0.25, -0.2) is 0 Å². The maximum atomic E-state index is 13.1. The molecule has 0 bridgehead atoms. The number of carbonyl (C=O) groups excluding carboxylic acids is 2. The van der Waals surface area contributed by atoms with Gasteiger partial charge in [0.2, 0.25) is 5.91 Å². The van der Waals surface area contributed by atoms with Crippen LogP contribution in [0.2, 0.25) is 0 Å². The van der Waals surface area contributed by atoms with Crippen LogP contribution in [0.3, 0.4) is 0 Å². The predicted octanol–water partition coefficient (Wildman–Crippen LogP) is 12.7. The second kappa shape index (κ2) is 41.0. The molecule has 308 valence electrons. The van der Waals surface area contributed by atoms with Crippen LogP contribution in [0.5, 0.6) is 0 Å². The molecule has 3 unspecified atom stereocenters. The van der Waals surface area contributed by atoms with Gasteiger partial charge in [-0.2, -0.15) is 0 Å². The highest BCUT2D eigenvalue weighted by Crippen LogP contribution is 2.17. The van der Waals surface area contributed by atoms with Crippen molar-refractivity contribution in [2.75, 3.05) is 6.61 Å². The van der Waals surface area contributed by atoms with Gasteiger partial charge in [-0.05, 0) is 64.2 Å². The monoisotopic (exact) mass is 744 g/mol. The van der Waals surface area contributed by atoms with E-state index in [9.17, 15) is 19.8 Å². The quantitative estimate of drug-likeness (QED) is 0.0252. The summed E-state index contributed by atoms with van der Waals surface area (Å²) >= 11 is 0. The Morgan fingerprint density at radius 1 is 0.566 bits per heavy atom. The Balaban J connectivity index is 4.58. The van der Waals surface area contributed by atoms with Crippen molar-refractivity contribution >= 4 is 11.9 Å². The third kappa shape index (κ3) is 36.6. The van der Waals surface area contributed by atoms with Crippen molar-refractivity contribution in [3.8, 4) is 0 Å². The second-order valence-electron chi connectivity index (χ2n) is 15.1. The van der Waals surface area contributed by atoms with Gasteiger partial charge in [-0.15, -0.1) is 0 Å². The average molecular weight is 744 g/mol. The zero-order valence-corrected chi connectivity index (χ0v) is 34.9. The summed E-state index contributed by atoms with van der Waals surface area (Å²) < 4.78 is 5.87. The van der Waals surface area contributed by atoms with Gasteiger partial charge in [0.05, 0.1) is 25.2 Å². The summed E-state index contributed by atoms with van der Waals surface area (Å²) in [5.41, 5.74) is 0. The highest BCUT2D eigenvalue weighted by molar-refractivity contribution is 5.77. The normalized spacial score (nSPS) is 13.8. The van der Waals surface area contributed by atoms with Crippen LogP contribution in [0.15, 0.2) is 48.6 Å². The van der Waals surface area contributed by atoms with Crippen LogP contribution in [0.4, 0.5) is 0 Å². The first kappa shape index (κ1) is 50.8. The van der Waals surface area contributed by atoms with E-state index in [1.54, 1.807) is 0 Å². The zero-order valence-electron chi connectivity index (χ0n) is 34.9. The van der Waals surface area contributed by atoms with E-state index in [0.717, 1.165) is 96.3 Å². The third-order valence-electron chi connectivity index (χ3n) is 9.95. The molecule has 53 heavy (non-hydrogen) atoms. The predicted molar refractivity (Wildman–Crippen MR) is 227 cm³/mol. The molecule has 0 saturated heterocycles. The molecule has 1 amide bonds. The number of hydrogen-bond acceptors (Lipinski definition) is 5. The summed E-state index contributed by atoms with van der Waals surface area (Å²) in [6.45, 7) is 6.28. The molecular formula is C47H85NO5. The van der Waals surface area contributed by atoms with E-state index in [1.165, 1.54) is 70.6 Å². The topological polar surface area (TPSA) is 95.9 Å². The van der Waals surface area contributed by atoms with Crippen molar-refractivity contribution in [1.82, 2.24) is 5.32 Å². The number of ether oxygens (including phenoxy) is 1. The molecule has 0 aromatic rings.